The van der Waals surface area contributed by atoms with Gasteiger partial charge in [0.2, 0.25) is 0 Å². The normalized spacial score (nSPS) is 12.3. The van der Waals surface area contributed by atoms with Crippen LogP contribution in [0.3, 0.4) is 0 Å². The summed E-state index contributed by atoms with van der Waals surface area (Å²) in [6.07, 6.45) is -0.645. The van der Waals surface area contributed by atoms with Gasteiger partial charge in [-0.15, -0.1) is 24.0 Å². The van der Waals surface area contributed by atoms with E-state index in [-0.39, 0.29) is 48.9 Å². The molecule has 0 saturated heterocycles. The SMILES string of the molecule is CCNC(=NCc1cccc(OC(F)F)c1)NCC(O)c1ccc(OC(C)C)cc1.I. The number of rotatable bonds is 10. The number of hydrogen-bond acceptors (Lipinski definition) is 4. The minimum atomic E-state index is -2.87. The van der Waals surface area contributed by atoms with Gasteiger partial charge in [0, 0.05) is 13.1 Å². The standard InChI is InChI=1S/C22H29F2N3O3.HI/c1-4-25-22(26-13-16-6-5-7-19(12-16)30-21(23)24)27-14-20(28)17-8-10-18(11-9-17)29-15(2)3;/h5-12,15,20-21,28H,4,13-14H2,1-3H3,(H2,25,26,27);1H. The smallest absolute Gasteiger partial charge is 0.387 e. The lowest BCUT2D eigenvalue weighted by Crippen LogP contribution is -2.39. The van der Waals surface area contributed by atoms with Gasteiger partial charge in [0.05, 0.1) is 18.8 Å². The van der Waals surface area contributed by atoms with Crippen LogP contribution in [0.25, 0.3) is 0 Å². The maximum absolute atomic E-state index is 12.4. The third-order valence-electron chi connectivity index (χ3n) is 3.99. The molecule has 0 aromatic heterocycles. The summed E-state index contributed by atoms with van der Waals surface area (Å²) < 4.78 is 34.7. The quantitative estimate of drug-likeness (QED) is 0.232. The Morgan fingerprint density at radius 2 is 1.74 bits per heavy atom. The number of aliphatic hydroxyl groups excluding tert-OH is 1. The summed E-state index contributed by atoms with van der Waals surface area (Å²) in [7, 11) is 0. The third-order valence-corrected chi connectivity index (χ3v) is 3.99. The molecule has 31 heavy (non-hydrogen) atoms. The van der Waals surface area contributed by atoms with Gasteiger partial charge in [-0.1, -0.05) is 24.3 Å². The number of halogens is 3. The molecule has 0 heterocycles. The Morgan fingerprint density at radius 1 is 1.03 bits per heavy atom. The van der Waals surface area contributed by atoms with Crippen molar-refractivity contribution in [2.24, 2.45) is 4.99 Å². The number of guanidine groups is 1. The minimum Gasteiger partial charge on any atom is -0.491 e. The van der Waals surface area contributed by atoms with Gasteiger partial charge in [-0.05, 0) is 56.2 Å². The van der Waals surface area contributed by atoms with Crippen molar-refractivity contribution in [2.75, 3.05) is 13.1 Å². The van der Waals surface area contributed by atoms with E-state index >= 15 is 0 Å². The van der Waals surface area contributed by atoms with E-state index in [1.807, 2.05) is 45.0 Å². The number of aliphatic imine (C=N–C) groups is 1. The van der Waals surface area contributed by atoms with Crippen molar-refractivity contribution in [3.8, 4) is 11.5 Å². The molecule has 172 valence electrons. The van der Waals surface area contributed by atoms with Crippen LogP contribution >= 0.6 is 24.0 Å². The molecule has 1 atom stereocenters. The van der Waals surface area contributed by atoms with E-state index in [0.717, 1.165) is 16.9 Å². The Morgan fingerprint density at radius 3 is 2.35 bits per heavy atom. The highest BCUT2D eigenvalue weighted by Crippen LogP contribution is 2.19. The molecule has 3 N–H and O–H groups in total. The van der Waals surface area contributed by atoms with Gasteiger partial charge in [0.25, 0.3) is 0 Å². The lowest BCUT2D eigenvalue weighted by Gasteiger charge is -2.16. The summed E-state index contributed by atoms with van der Waals surface area (Å²) in [5.41, 5.74) is 1.48. The average Bonchev–Trinajstić information content (AvgIpc) is 2.70. The van der Waals surface area contributed by atoms with Crippen molar-refractivity contribution in [1.29, 1.82) is 0 Å². The van der Waals surface area contributed by atoms with E-state index in [1.54, 1.807) is 12.1 Å². The van der Waals surface area contributed by atoms with Crippen LogP contribution in [0.15, 0.2) is 53.5 Å². The number of ether oxygens (including phenoxy) is 2. The molecular weight excluding hydrogens is 519 g/mol. The topological polar surface area (TPSA) is 75.1 Å². The molecule has 0 spiro atoms. The summed E-state index contributed by atoms with van der Waals surface area (Å²) in [6, 6.07) is 13.7. The Kier molecular flexibility index (Phi) is 12.2. The summed E-state index contributed by atoms with van der Waals surface area (Å²) in [4.78, 5) is 4.44. The monoisotopic (exact) mass is 549 g/mol. The Balaban J connectivity index is 0.00000480. The highest BCUT2D eigenvalue weighted by atomic mass is 127. The second-order valence-corrected chi connectivity index (χ2v) is 6.85. The number of nitrogens with zero attached hydrogens (tertiary/aromatic N) is 1. The molecule has 0 bridgehead atoms. The van der Waals surface area contributed by atoms with Crippen LogP contribution in [0, 0.1) is 0 Å². The van der Waals surface area contributed by atoms with E-state index in [4.69, 9.17) is 4.74 Å². The van der Waals surface area contributed by atoms with Gasteiger partial charge < -0.3 is 25.2 Å². The van der Waals surface area contributed by atoms with Crippen LogP contribution in [0.5, 0.6) is 11.5 Å². The molecular formula is C22H30F2IN3O3. The van der Waals surface area contributed by atoms with Gasteiger partial charge in [-0.25, -0.2) is 4.99 Å². The fourth-order valence-corrected chi connectivity index (χ4v) is 2.68. The highest BCUT2D eigenvalue weighted by molar-refractivity contribution is 14.0. The van der Waals surface area contributed by atoms with E-state index in [2.05, 4.69) is 20.4 Å². The molecule has 2 rings (SSSR count). The molecule has 9 heteroatoms. The van der Waals surface area contributed by atoms with Crippen LogP contribution in [-0.2, 0) is 6.54 Å². The average molecular weight is 549 g/mol. The van der Waals surface area contributed by atoms with Crippen molar-refractivity contribution >= 4 is 29.9 Å². The molecule has 0 saturated carbocycles. The molecule has 0 fully saturated rings. The van der Waals surface area contributed by atoms with Crippen molar-refractivity contribution in [3.63, 3.8) is 0 Å². The molecule has 0 amide bonds. The maximum Gasteiger partial charge on any atom is 0.387 e. The van der Waals surface area contributed by atoms with Crippen LogP contribution in [0.2, 0.25) is 0 Å². The number of benzene rings is 2. The van der Waals surface area contributed by atoms with Crippen LogP contribution < -0.4 is 20.1 Å². The molecule has 0 aliphatic heterocycles. The number of nitrogens with one attached hydrogen (secondary N) is 2. The molecule has 0 radical (unpaired) electrons. The second-order valence-electron chi connectivity index (χ2n) is 6.85. The first-order chi connectivity index (χ1) is 14.4. The van der Waals surface area contributed by atoms with Gasteiger partial charge >= 0.3 is 6.61 Å². The maximum atomic E-state index is 12.4. The Bertz CT molecular complexity index is 805. The zero-order chi connectivity index (χ0) is 21.9. The Labute approximate surface area is 199 Å². The van der Waals surface area contributed by atoms with Crippen LogP contribution in [-0.4, -0.2) is 36.9 Å². The van der Waals surface area contributed by atoms with Crippen molar-refractivity contribution in [1.82, 2.24) is 10.6 Å². The Hall–Kier alpha value is -2.14. The summed E-state index contributed by atoms with van der Waals surface area (Å²) in [6.45, 7) is 4.13. The fraction of sp³-hybridized carbons (Fsp3) is 0.409. The predicted molar refractivity (Wildman–Crippen MR) is 128 cm³/mol. The van der Waals surface area contributed by atoms with Gasteiger partial charge in [0.15, 0.2) is 5.96 Å². The minimum absolute atomic E-state index is 0. The molecule has 0 aliphatic rings. The van der Waals surface area contributed by atoms with Gasteiger partial charge in [-0.2, -0.15) is 8.78 Å². The fourth-order valence-electron chi connectivity index (χ4n) is 2.68. The largest absolute Gasteiger partial charge is 0.491 e. The first kappa shape index (κ1) is 26.9. The van der Waals surface area contributed by atoms with Crippen molar-refractivity contribution in [2.45, 2.75) is 46.1 Å². The highest BCUT2D eigenvalue weighted by Gasteiger charge is 2.10. The lowest BCUT2D eigenvalue weighted by atomic mass is 10.1. The summed E-state index contributed by atoms with van der Waals surface area (Å²) in [5.74, 6) is 1.36. The zero-order valence-electron chi connectivity index (χ0n) is 17.8. The summed E-state index contributed by atoms with van der Waals surface area (Å²) >= 11 is 0. The van der Waals surface area contributed by atoms with Crippen LogP contribution in [0.4, 0.5) is 8.78 Å². The number of hydrogen-bond donors (Lipinski definition) is 3. The van der Waals surface area contributed by atoms with E-state index in [1.165, 1.54) is 12.1 Å². The molecule has 2 aromatic rings. The van der Waals surface area contributed by atoms with Gasteiger partial charge in [0.1, 0.15) is 11.5 Å². The molecule has 6 nitrogen and oxygen atoms in total. The number of alkyl halides is 2. The first-order valence-corrected chi connectivity index (χ1v) is 9.88. The van der Waals surface area contributed by atoms with Crippen molar-refractivity contribution < 1.29 is 23.4 Å². The molecule has 2 aromatic carbocycles. The lowest BCUT2D eigenvalue weighted by molar-refractivity contribution is -0.0498. The van der Waals surface area contributed by atoms with Crippen molar-refractivity contribution in [3.05, 3.63) is 59.7 Å². The third kappa shape index (κ3) is 10.1. The van der Waals surface area contributed by atoms with E-state index in [9.17, 15) is 13.9 Å². The predicted octanol–water partition coefficient (Wildman–Crippen LogP) is 4.48. The van der Waals surface area contributed by atoms with E-state index < -0.39 is 12.7 Å². The second kappa shape index (κ2) is 14.0. The first-order valence-electron chi connectivity index (χ1n) is 9.88. The number of aliphatic hydroxyl groups is 1. The molecule has 1 unspecified atom stereocenters. The van der Waals surface area contributed by atoms with Crippen LogP contribution in [0.1, 0.15) is 38.0 Å². The zero-order valence-corrected chi connectivity index (χ0v) is 20.2. The molecule has 0 aliphatic carbocycles. The van der Waals surface area contributed by atoms with Gasteiger partial charge in [-0.3, -0.25) is 0 Å². The van der Waals surface area contributed by atoms with E-state index in [0.29, 0.717) is 12.5 Å². The summed E-state index contributed by atoms with van der Waals surface area (Å²) in [5, 5.41) is 16.6.